The zero-order valence-electron chi connectivity index (χ0n) is 31.0. The fourth-order valence-corrected chi connectivity index (χ4v) is 9.40. The molecular formula is C54H35N3. The predicted molar refractivity (Wildman–Crippen MR) is 240 cm³/mol. The van der Waals surface area contributed by atoms with Gasteiger partial charge < -0.3 is 13.7 Å². The minimum Gasteiger partial charge on any atom is -0.309 e. The van der Waals surface area contributed by atoms with Crippen molar-refractivity contribution in [3.63, 3.8) is 0 Å². The van der Waals surface area contributed by atoms with Crippen LogP contribution in [0.25, 0.3) is 105 Å². The quantitative estimate of drug-likeness (QED) is 0.168. The lowest BCUT2D eigenvalue weighted by molar-refractivity contribution is 1.17. The molecule has 3 aromatic heterocycles. The lowest BCUT2D eigenvalue weighted by Crippen LogP contribution is -1.98. The summed E-state index contributed by atoms with van der Waals surface area (Å²) in [7, 11) is 0. The van der Waals surface area contributed by atoms with Gasteiger partial charge in [-0.3, -0.25) is 0 Å². The van der Waals surface area contributed by atoms with Crippen LogP contribution in [0.15, 0.2) is 212 Å². The molecule has 12 rings (SSSR count). The van der Waals surface area contributed by atoms with Crippen molar-refractivity contribution in [3.05, 3.63) is 212 Å². The lowest BCUT2D eigenvalue weighted by Gasteiger charge is -2.15. The summed E-state index contributed by atoms with van der Waals surface area (Å²) < 4.78 is 7.32. The molecule has 0 radical (unpaired) electrons. The summed E-state index contributed by atoms with van der Waals surface area (Å²) in [4.78, 5) is 0. The van der Waals surface area contributed by atoms with Gasteiger partial charge in [0.05, 0.1) is 38.8 Å². The number of nitrogens with zero attached hydrogens (tertiary/aromatic N) is 3. The molecule has 57 heavy (non-hydrogen) atoms. The first-order valence-corrected chi connectivity index (χ1v) is 19.6. The fraction of sp³-hybridized carbons (Fsp3) is 0. The van der Waals surface area contributed by atoms with E-state index < -0.39 is 0 Å². The molecule has 0 saturated carbocycles. The Balaban J connectivity index is 1.15. The highest BCUT2D eigenvalue weighted by Crippen LogP contribution is 2.45. The van der Waals surface area contributed by atoms with Gasteiger partial charge >= 0.3 is 0 Å². The number of para-hydroxylation sites is 5. The highest BCUT2D eigenvalue weighted by molar-refractivity contribution is 6.29. The Morgan fingerprint density at radius 2 is 0.737 bits per heavy atom. The molecule has 0 amide bonds. The summed E-state index contributed by atoms with van der Waals surface area (Å²) in [5.74, 6) is 0. The zero-order chi connectivity index (χ0) is 37.5. The van der Waals surface area contributed by atoms with E-state index >= 15 is 0 Å². The topological polar surface area (TPSA) is 14.8 Å². The summed E-state index contributed by atoms with van der Waals surface area (Å²) in [6, 6.07) is 77.4. The molecule has 0 aliphatic heterocycles. The van der Waals surface area contributed by atoms with E-state index in [1.165, 1.54) is 87.7 Å². The van der Waals surface area contributed by atoms with Gasteiger partial charge in [0, 0.05) is 49.3 Å². The van der Waals surface area contributed by atoms with Crippen LogP contribution in [0, 0.1) is 0 Å². The third-order valence-electron chi connectivity index (χ3n) is 11.8. The second kappa shape index (κ2) is 12.5. The van der Waals surface area contributed by atoms with Gasteiger partial charge in [-0.2, -0.15) is 0 Å². The maximum Gasteiger partial charge on any atom is 0.0549 e. The molecule has 3 heterocycles. The van der Waals surface area contributed by atoms with Gasteiger partial charge in [0.15, 0.2) is 0 Å². The van der Waals surface area contributed by atoms with Crippen LogP contribution < -0.4 is 0 Å². The van der Waals surface area contributed by atoms with E-state index in [-0.39, 0.29) is 0 Å². The number of aromatic nitrogens is 3. The van der Waals surface area contributed by atoms with E-state index in [4.69, 9.17) is 0 Å². The van der Waals surface area contributed by atoms with Gasteiger partial charge in [0.2, 0.25) is 0 Å². The lowest BCUT2D eigenvalue weighted by atomic mass is 10.0. The van der Waals surface area contributed by atoms with Crippen molar-refractivity contribution in [1.82, 2.24) is 13.7 Å². The number of benzene rings is 9. The first kappa shape index (κ1) is 31.7. The molecule has 0 saturated heterocycles. The normalized spacial score (nSPS) is 11.9. The van der Waals surface area contributed by atoms with Crippen LogP contribution >= 0.6 is 0 Å². The third kappa shape index (κ3) is 4.73. The van der Waals surface area contributed by atoms with Gasteiger partial charge in [-0.15, -0.1) is 0 Å². The summed E-state index contributed by atoms with van der Waals surface area (Å²) >= 11 is 0. The van der Waals surface area contributed by atoms with Crippen LogP contribution in [-0.4, -0.2) is 13.7 Å². The molecule has 0 N–H and O–H groups in total. The minimum atomic E-state index is 1.15. The predicted octanol–water partition coefficient (Wildman–Crippen LogP) is 14.3. The minimum absolute atomic E-state index is 1.15. The second-order valence-electron chi connectivity index (χ2n) is 14.9. The van der Waals surface area contributed by atoms with Gasteiger partial charge in [0.25, 0.3) is 0 Å². The van der Waals surface area contributed by atoms with E-state index in [0.29, 0.717) is 0 Å². The number of hydrogen-bond donors (Lipinski definition) is 0. The van der Waals surface area contributed by atoms with Crippen LogP contribution in [0.1, 0.15) is 0 Å². The van der Waals surface area contributed by atoms with Crippen molar-refractivity contribution >= 4 is 65.4 Å². The summed E-state index contributed by atoms with van der Waals surface area (Å²) in [5.41, 5.74) is 15.4. The third-order valence-corrected chi connectivity index (χ3v) is 11.8. The second-order valence-corrected chi connectivity index (χ2v) is 14.9. The van der Waals surface area contributed by atoms with Gasteiger partial charge in [0.1, 0.15) is 0 Å². The molecule has 12 aromatic rings. The van der Waals surface area contributed by atoms with Crippen LogP contribution in [0.2, 0.25) is 0 Å². The van der Waals surface area contributed by atoms with Gasteiger partial charge in [-0.05, 0) is 89.5 Å². The van der Waals surface area contributed by atoms with Crippen LogP contribution in [0.5, 0.6) is 0 Å². The first-order valence-electron chi connectivity index (χ1n) is 19.6. The Morgan fingerprint density at radius 1 is 0.246 bits per heavy atom. The fourth-order valence-electron chi connectivity index (χ4n) is 9.40. The molecule has 0 aliphatic carbocycles. The van der Waals surface area contributed by atoms with Crippen LogP contribution in [-0.2, 0) is 0 Å². The van der Waals surface area contributed by atoms with E-state index in [1.807, 2.05) is 0 Å². The van der Waals surface area contributed by atoms with Gasteiger partial charge in [-0.1, -0.05) is 140 Å². The molecule has 3 nitrogen and oxygen atoms in total. The average Bonchev–Trinajstić information content (AvgIpc) is 3.92. The summed E-state index contributed by atoms with van der Waals surface area (Å²) in [5, 5.41) is 7.53. The van der Waals surface area contributed by atoms with E-state index in [0.717, 1.165) is 17.1 Å². The standard InChI is InChI=1S/C54H35N3/c1-4-16-36(17-5-1)37-29-31-49-45(34-37)54-50(55(49)39-18-6-2-7-19-39)32-33-51-53(54)44-24-12-15-27-48(44)57(51)46-25-13-10-22-41(46)38-28-30-43-42-23-11-14-26-47(42)56(52(43)35-38)40-20-8-3-9-21-40/h1-35H. The molecule has 0 atom stereocenters. The van der Waals surface area contributed by atoms with Crippen molar-refractivity contribution in [3.8, 4) is 39.3 Å². The molecule has 266 valence electrons. The number of hydrogen-bond acceptors (Lipinski definition) is 0. The Morgan fingerprint density at radius 3 is 1.47 bits per heavy atom. The van der Waals surface area contributed by atoms with Crippen molar-refractivity contribution < 1.29 is 0 Å². The van der Waals surface area contributed by atoms with Crippen molar-refractivity contribution in [1.29, 1.82) is 0 Å². The first-order chi connectivity index (χ1) is 28.3. The Kier molecular flexibility index (Phi) is 6.93. The molecule has 0 bridgehead atoms. The molecule has 0 unspecified atom stereocenters. The van der Waals surface area contributed by atoms with Crippen molar-refractivity contribution in [2.45, 2.75) is 0 Å². The molecule has 0 spiro atoms. The highest BCUT2D eigenvalue weighted by Gasteiger charge is 2.22. The van der Waals surface area contributed by atoms with Crippen molar-refractivity contribution in [2.24, 2.45) is 0 Å². The van der Waals surface area contributed by atoms with E-state index in [2.05, 4.69) is 226 Å². The SMILES string of the molecule is c1ccc(-c2ccc3c(c2)c2c4c5ccccc5n(-c5ccccc5-c5ccc6c7ccccc7n(-c7ccccc7)c6c5)c4ccc2n3-c2ccccc2)cc1. The maximum atomic E-state index is 2.49. The Hall–Kier alpha value is -7.62. The Labute approximate surface area is 329 Å². The van der Waals surface area contributed by atoms with Crippen LogP contribution in [0.3, 0.4) is 0 Å². The average molecular weight is 726 g/mol. The zero-order valence-corrected chi connectivity index (χ0v) is 31.0. The molecule has 3 heteroatoms. The number of fused-ring (bicyclic) bond motifs is 10. The highest BCUT2D eigenvalue weighted by atomic mass is 15.0. The summed E-state index contributed by atoms with van der Waals surface area (Å²) in [6.45, 7) is 0. The largest absolute Gasteiger partial charge is 0.309 e. The Bertz CT molecular complexity index is 3500. The van der Waals surface area contributed by atoms with Crippen molar-refractivity contribution in [2.75, 3.05) is 0 Å². The smallest absolute Gasteiger partial charge is 0.0549 e. The maximum absolute atomic E-state index is 2.49. The van der Waals surface area contributed by atoms with Gasteiger partial charge in [-0.25, -0.2) is 0 Å². The van der Waals surface area contributed by atoms with E-state index in [9.17, 15) is 0 Å². The molecule has 0 aliphatic rings. The molecule has 0 fully saturated rings. The molecule has 9 aromatic carbocycles. The van der Waals surface area contributed by atoms with E-state index in [1.54, 1.807) is 0 Å². The summed E-state index contributed by atoms with van der Waals surface area (Å²) in [6.07, 6.45) is 0. The van der Waals surface area contributed by atoms with Crippen LogP contribution in [0.4, 0.5) is 0 Å². The monoisotopic (exact) mass is 725 g/mol. The number of rotatable bonds is 5. The molecular weight excluding hydrogens is 691 g/mol.